The lowest BCUT2D eigenvalue weighted by atomic mass is 9.95. The molecule has 0 radical (unpaired) electrons. The van der Waals surface area contributed by atoms with E-state index in [-0.39, 0.29) is 5.91 Å². The van der Waals surface area contributed by atoms with Gasteiger partial charge in [-0.1, -0.05) is 0 Å². The molecule has 5 heteroatoms. The van der Waals surface area contributed by atoms with Gasteiger partial charge in [0.15, 0.2) is 0 Å². The van der Waals surface area contributed by atoms with Crippen molar-refractivity contribution in [2.75, 3.05) is 0 Å². The van der Waals surface area contributed by atoms with Gasteiger partial charge in [-0.2, -0.15) is 0 Å². The molecule has 1 aliphatic carbocycles. The first kappa shape index (κ1) is 16.0. The van der Waals surface area contributed by atoms with Crippen LogP contribution >= 0.6 is 11.3 Å². The summed E-state index contributed by atoms with van der Waals surface area (Å²) in [5.74, 6) is -0.576. The summed E-state index contributed by atoms with van der Waals surface area (Å²) in [6, 6.07) is -0.643. The SMILES string of the molecule is C[C@H](NC(=O)c1csc2c1CCCC2)C(=O)OC(C)(C)C. The van der Waals surface area contributed by atoms with Gasteiger partial charge in [0.2, 0.25) is 0 Å². The van der Waals surface area contributed by atoms with Gasteiger partial charge in [-0.05, 0) is 58.9 Å². The van der Waals surface area contributed by atoms with E-state index in [1.54, 1.807) is 18.3 Å². The van der Waals surface area contributed by atoms with Crippen molar-refractivity contribution in [3.05, 3.63) is 21.4 Å². The van der Waals surface area contributed by atoms with Crippen LogP contribution in [-0.4, -0.2) is 23.5 Å². The summed E-state index contributed by atoms with van der Waals surface area (Å²) in [6.45, 7) is 7.10. The van der Waals surface area contributed by atoms with Gasteiger partial charge in [0.1, 0.15) is 11.6 Å². The van der Waals surface area contributed by atoms with E-state index in [0.29, 0.717) is 0 Å². The Kier molecular flexibility index (Phi) is 4.71. The molecule has 1 N–H and O–H groups in total. The summed E-state index contributed by atoms with van der Waals surface area (Å²) in [4.78, 5) is 25.6. The summed E-state index contributed by atoms with van der Waals surface area (Å²) in [5, 5.41) is 4.66. The van der Waals surface area contributed by atoms with E-state index in [1.165, 1.54) is 16.9 Å². The number of hydrogen-bond donors (Lipinski definition) is 1. The highest BCUT2D eigenvalue weighted by molar-refractivity contribution is 7.10. The predicted molar refractivity (Wildman–Crippen MR) is 83.7 cm³/mol. The fraction of sp³-hybridized carbons (Fsp3) is 0.625. The van der Waals surface area contributed by atoms with E-state index in [1.807, 2.05) is 26.2 Å². The molecule has 1 aromatic heterocycles. The third kappa shape index (κ3) is 4.06. The number of nitrogens with one attached hydrogen (secondary N) is 1. The molecule has 1 aliphatic rings. The summed E-state index contributed by atoms with van der Waals surface area (Å²) >= 11 is 1.65. The van der Waals surface area contributed by atoms with E-state index in [4.69, 9.17) is 4.74 Å². The van der Waals surface area contributed by atoms with Crippen LogP contribution in [-0.2, 0) is 22.4 Å². The third-order valence-corrected chi connectivity index (χ3v) is 4.50. The second-order valence-corrected chi connectivity index (χ2v) is 7.45. The van der Waals surface area contributed by atoms with Crippen LogP contribution in [0.1, 0.15) is 61.3 Å². The normalized spacial score (nSPS) is 16.0. The summed E-state index contributed by atoms with van der Waals surface area (Å²) in [7, 11) is 0. The lowest BCUT2D eigenvalue weighted by molar-refractivity contribution is -0.156. The second kappa shape index (κ2) is 6.18. The Balaban J connectivity index is 2.01. The predicted octanol–water partition coefficient (Wildman–Crippen LogP) is 3.09. The molecule has 21 heavy (non-hydrogen) atoms. The first-order valence-electron chi connectivity index (χ1n) is 7.41. The maximum atomic E-state index is 12.3. The number of carbonyl (C=O) groups excluding carboxylic acids is 2. The van der Waals surface area contributed by atoms with Crippen molar-refractivity contribution < 1.29 is 14.3 Å². The smallest absolute Gasteiger partial charge is 0.328 e. The Morgan fingerprint density at radius 2 is 1.95 bits per heavy atom. The fourth-order valence-electron chi connectivity index (χ4n) is 2.41. The molecule has 116 valence electrons. The number of esters is 1. The number of aryl methyl sites for hydroxylation is 1. The number of thiophene rings is 1. The van der Waals surface area contributed by atoms with Gasteiger partial charge in [0.25, 0.3) is 5.91 Å². The van der Waals surface area contributed by atoms with E-state index in [9.17, 15) is 9.59 Å². The van der Waals surface area contributed by atoms with E-state index in [2.05, 4.69) is 5.32 Å². The highest BCUT2D eigenvalue weighted by Gasteiger charge is 2.25. The topological polar surface area (TPSA) is 55.4 Å². The van der Waals surface area contributed by atoms with Crippen LogP contribution in [0.2, 0.25) is 0 Å². The molecule has 0 aromatic carbocycles. The number of carbonyl (C=O) groups is 2. The van der Waals surface area contributed by atoms with Crippen LogP contribution in [0.4, 0.5) is 0 Å². The van der Waals surface area contributed by atoms with Crippen molar-refractivity contribution in [1.29, 1.82) is 0 Å². The van der Waals surface area contributed by atoms with Crippen molar-refractivity contribution >= 4 is 23.2 Å². The highest BCUT2D eigenvalue weighted by Crippen LogP contribution is 2.30. The molecular weight excluding hydrogens is 286 g/mol. The summed E-state index contributed by atoms with van der Waals surface area (Å²) in [5.41, 5.74) is 1.35. The molecule has 0 unspecified atom stereocenters. The van der Waals surface area contributed by atoms with Gasteiger partial charge in [0, 0.05) is 10.3 Å². The van der Waals surface area contributed by atoms with Crippen molar-refractivity contribution in [3.8, 4) is 0 Å². The van der Waals surface area contributed by atoms with Crippen LogP contribution in [0, 0.1) is 0 Å². The van der Waals surface area contributed by atoms with Gasteiger partial charge >= 0.3 is 5.97 Å². The standard InChI is InChI=1S/C16H23NO3S/c1-10(15(19)20-16(2,3)4)17-14(18)12-9-21-13-8-6-5-7-11(12)13/h9-10H,5-8H2,1-4H3,(H,17,18)/t10-/m0/s1. The van der Waals surface area contributed by atoms with Crippen molar-refractivity contribution in [1.82, 2.24) is 5.32 Å². The Hall–Kier alpha value is -1.36. The molecule has 2 rings (SSSR count). The molecule has 0 bridgehead atoms. The molecular formula is C16H23NO3S. The molecule has 1 atom stereocenters. The number of fused-ring (bicyclic) bond motifs is 1. The van der Waals surface area contributed by atoms with Crippen LogP contribution in [0.25, 0.3) is 0 Å². The Labute approximate surface area is 129 Å². The average Bonchev–Trinajstić information content (AvgIpc) is 2.80. The minimum atomic E-state index is -0.643. The molecule has 0 fully saturated rings. The van der Waals surface area contributed by atoms with E-state index < -0.39 is 17.6 Å². The number of hydrogen-bond acceptors (Lipinski definition) is 4. The lowest BCUT2D eigenvalue weighted by Crippen LogP contribution is -2.42. The summed E-state index contributed by atoms with van der Waals surface area (Å²) < 4.78 is 5.28. The molecule has 1 amide bonds. The zero-order valence-corrected chi connectivity index (χ0v) is 13.9. The Bertz CT molecular complexity index is 542. The fourth-order valence-corrected chi connectivity index (χ4v) is 3.53. The quantitative estimate of drug-likeness (QED) is 0.873. The number of amides is 1. The summed E-state index contributed by atoms with van der Waals surface area (Å²) in [6.07, 6.45) is 4.35. The van der Waals surface area contributed by atoms with Gasteiger partial charge in [0.05, 0.1) is 5.56 Å². The highest BCUT2D eigenvalue weighted by atomic mass is 32.1. The maximum Gasteiger partial charge on any atom is 0.328 e. The van der Waals surface area contributed by atoms with E-state index >= 15 is 0 Å². The molecule has 0 aliphatic heterocycles. The third-order valence-electron chi connectivity index (χ3n) is 3.41. The van der Waals surface area contributed by atoms with Crippen LogP contribution in [0.15, 0.2) is 5.38 Å². The molecule has 0 saturated heterocycles. The monoisotopic (exact) mass is 309 g/mol. The van der Waals surface area contributed by atoms with Crippen LogP contribution in [0.3, 0.4) is 0 Å². The largest absolute Gasteiger partial charge is 0.458 e. The molecule has 1 heterocycles. The zero-order chi connectivity index (χ0) is 15.6. The van der Waals surface area contributed by atoms with E-state index in [0.717, 1.165) is 24.8 Å². The van der Waals surface area contributed by atoms with Gasteiger partial charge < -0.3 is 10.1 Å². The first-order valence-corrected chi connectivity index (χ1v) is 8.29. The first-order chi connectivity index (χ1) is 9.78. The van der Waals surface area contributed by atoms with Crippen LogP contribution < -0.4 is 5.32 Å². The second-order valence-electron chi connectivity index (χ2n) is 6.49. The maximum absolute atomic E-state index is 12.3. The number of rotatable bonds is 3. The van der Waals surface area contributed by atoms with Crippen LogP contribution in [0.5, 0.6) is 0 Å². The molecule has 1 aromatic rings. The minimum absolute atomic E-state index is 0.173. The Morgan fingerprint density at radius 3 is 2.62 bits per heavy atom. The van der Waals surface area contributed by atoms with Gasteiger partial charge in [-0.3, -0.25) is 4.79 Å². The van der Waals surface area contributed by atoms with Crippen molar-refractivity contribution in [2.45, 2.75) is 65.0 Å². The zero-order valence-electron chi connectivity index (χ0n) is 13.1. The Morgan fingerprint density at radius 1 is 1.29 bits per heavy atom. The average molecular weight is 309 g/mol. The van der Waals surface area contributed by atoms with Gasteiger partial charge in [-0.15, -0.1) is 11.3 Å². The van der Waals surface area contributed by atoms with Gasteiger partial charge in [-0.25, -0.2) is 4.79 Å². The minimum Gasteiger partial charge on any atom is -0.458 e. The van der Waals surface area contributed by atoms with Crippen molar-refractivity contribution in [2.24, 2.45) is 0 Å². The molecule has 4 nitrogen and oxygen atoms in total. The van der Waals surface area contributed by atoms with Crippen molar-refractivity contribution in [3.63, 3.8) is 0 Å². The molecule has 0 spiro atoms. The molecule has 0 saturated carbocycles. The lowest BCUT2D eigenvalue weighted by Gasteiger charge is -2.22. The number of ether oxygens (including phenoxy) is 1.